The lowest BCUT2D eigenvalue weighted by Crippen LogP contribution is -2.37. The Bertz CT molecular complexity index is 342. The maximum absolute atomic E-state index is 11.4. The van der Waals surface area contributed by atoms with Gasteiger partial charge in [-0.1, -0.05) is 0 Å². The summed E-state index contributed by atoms with van der Waals surface area (Å²) in [6.07, 6.45) is 2.11. The van der Waals surface area contributed by atoms with Gasteiger partial charge in [-0.25, -0.2) is 8.42 Å². The number of hydrogen-bond acceptors (Lipinski definition) is 4. The predicted molar refractivity (Wildman–Crippen MR) is 58.5 cm³/mol. The monoisotopic (exact) mass is 230 g/mol. The molecule has 3 saturated heterocycles. The van der Waals surface area contributed by atoms with Crippen molar-refractivity contribution in [1.29, 1.82) is 0 Å². The normalized spacial score (nSPS) is 44.7. The van der Waals surface area contributed by atoms with Crippen LogP contribution in [0.5, 0.6) is 0 Å². The molecule has 5 heteroatoms. The van der Waals surface area contributed by atoms with Crippen LogP contribution in [0.3, 0.4) is 0 Å². The van der Waals surface area contributed by atoms with E-state index in [1.807, 2.05) is 0 Å². The fourth-order valence-electron chi connectivity index (χ4n) is 3.24. The first-order valence-electron chi connectivity index (χ1n) is 5.82. The van der Waals surface area contributed by atoms with E-state index in [9.17, 15) is 8.42 Å². The second-order valence-electron chi connectivity index (χ2n) is 5.12. The van der Waals surface area contributed by atoms with Gasteiger partial charge >= 0.3 is 0 Å². The van der Waals surface area contributed by atoms with Gasteiger partial charge in [0.2, 0.25) is 0 Å². The molecule has 0 aromatic rings. The number of likely N-dealkylation sites (tertiary alicyclic amines) is 1. The molecule has 3 atom stereocenters. The molecule has 3 rings (SSSR count). The summed E-state index contributed by atoms with van der Waals surface area (Å²) in [5, 5.41) is 3.50. The standard InChI is InChI=1S/C10H18N2O2S/c13-15(14)4-2-9(7-15)12-5-8-1-3-11-10(8)6-12/h8-11H,1-7H2/t8-,9?,10+/m0/s1. The summed E-state index contributed by atoms with van der Waals surface area (Å²) in [5.74, 6) is 1.57. The van der Waals surface area contributed by atoms with Crippen LogP contribution in [0.25, 0.3) is 0 Å². The van der Waals surface area contributed by atoms with Gasteiger partial charge in [0.1, 0.15) is 0 Å². The van der Waals surface area contributed by atoms with Gasteiger partial charge in [0, 0.05) is 25.2 Å². The summed E-state index contributed by atoms with van der Waals surface area (Å²) < 4.78 is 22.8. The minimum absolute atomic E-state index is 0.308. The Morgan fingerprint density at radius 1 is 1.20 bits per heavy atom. The summed E-state index contributed by atoms with van der Waals surface area (Å²) in [6, 6.07) is 0.940. The van der Waals surface area contributed by atoms with Crippen LogP contribution in [0.4, 0.5) is 0 Å². The molecule has 0 amide bonds. The molecule has 86 valence electrons. The highest BCUT2D eigenvalue weighted by Crippen LogP contribution is 2.29. The van der Waals surface area contributed by atoms with Crippen molar-refractivity contribution in [3.63, 3.8) is 0 Å². The molecular formula is C10H18N2O2S. The highest BCUT2D eigenvalue weighted by atomic mass is 32.2. The molecule has 3 heterocycles. The molecule has 1 N–H and O–H groups in total. The number of sulfone groups is 1. The number of nitrogens with one attached hydrogen (secondary N) is 1. The minimum Gasteiger partial charge on any atom is -0.312 e. The largest absolute Gasteiger partial charge is 0.312 e. The average molecular weight is 230 g/mol. The second-order valence-corrected chi connectivity index (χ2v) is 7.35. The van der Waals surface area contributed by atoms with Gasteiger partial charge in [0.25, 0.3) is 0 Å². The van der Waals surface area contributed by atoms with Crippen molar-refractivity contribution in [3.8, 4) is 0 Å². The van der Waals surface area contributed by atoms with Crippen molar-refractivity contribution >= 4 is 9.84 Å². The van der Waals surface area contributed by atoms with E-state index in [-0.39, 0.29) is 0 Å². The molecule has 3 aliphatic heterocycles. The van der Waals surface area contributed by atoms with E-state index in [0.717, 1.165) is 32.0 Å². The molecule has 0 aliphatic carbocycles. The Hall–Kier alpha value is -0.130. The first kappa shape index (κ1) is 10.1. The van der Waals surface area contributed by atoms with Crippen LogP contribution >= 0.6 is 0 Å². The van der Waals surface area contributed by atoms with Gasteiger partial charge < -0.3 is 5.32 Å². The van der Waals surface area contributed by atoms with Gasteiger partial charge in [-0.15, -0.1) is 0 Å². The molecule has 3 fully saturated rings. The van der Waals surface area contributed by atoms with Crippen molar-refractivity contribution in [2.75, 3.05) is 31.1 Å². The Kier molecular flexibility index (Phi) is 2.30. The van der Waals surface area contributed by atoms with E-state index in [1.165, 1.54) is 6.42 Å². The van der Waals surface area contributed by atoms with Crippen LogP contribution in [-0.4, -0.2) is 56.5 Å². The topological polar surface area (TPSA) is 49.4 Å². The lowest BCUT2D eigenvalue weighted by atomic mass is 10.1. The molecule has 0 spiro atoms. The van der Waals surface area contributed by atoms with Gasteiger partial charge in [0.15, 0.2) is 9.84 Å². The maximum atomic E-state index is 11.4. The van der Waals surface area contributed by atoms with Crippen molar-refractivity contribution in [2.45, 2.75) is 24.9 Å². The molecule has 1 unspecified atom stereocenters. The SMILES string of the molecule is O=S1(=O)CCC(N2C[C@@H]3CCN[C@@H]3C2)C1. The number of nitrogens with zero attached hydrogens (tertiary/aromatic N) is 1. The zero-order valence-electron chi connectivity index (χ0n) is 8.85. The Morgan fingerprint density at radius 3 is 2.73 bits per heavy atom. The third-order valence-corrected chi connectivity index (χ3v) is 5.87. The minimum atomic E-state index is -2.72. The van der Waals surface area contributed by atoms with Crippen LogP contribution in [-0.2, 0) is 9.84 Å². The van der Waals surface area contributed by atoms with E-state index < -0.39 is 9.84 Å². The summed E-state index contributed by atoms with van der Waals surface area (Å²) in [6.45, 7) is 3.31. The van der Waals surface area contributed by atoms with Crippen molar-refractivity contribution in [3.05, 3.63) is 0 Å². The quantitative estimate of drug-likeness (QED) is 0.658. The van der Waals surface area contributed by atoms with Gasteiger partial charge in [0.05, 0.1) is 11.5 Å². The summed E-state index contributed by atoms with van der Waals surface area (Å²) >= 11 is 0. The molecule has 15 heavy (non-hydrogen) atoms. The molecule has 0 aromatic heterocycles. The van der Waals surface area contributed by atoms with E-state index in [1.54, 1.807) is 0 Å². The number of hydrogen-bond donors (Lipinski definition) is 1. The lowest BCUT2D eigenvalue weighted by Gasteiger charge is -2.23. The number of fused-ring (bicyclic) bond motifs is 1. The van der Waals surface area contributed by atoms with Crippen molar-refractivity contribution < 1.29 is 8.42 Å². The average Bonchev–Trinajstić information content (AvgIpc) is 2.75. The van der Waals surface area contributed by atoms with E-state index >= 15 is 0 Å². The van der Waals surface area contributed by atoms with Crippen molar-refractivity contribution in [2.24, 2.45) is 5.92 Å². The third-order valence-electron chi connectivity index (χ3n) is 4.12. The maximum Gasteiger partial charge on any atom is 0.151 e. The Morgan fingerprint density at radius 2 is 2.07 bits per heavy atom. The third kappa shape index (κ3) is 1.81. The highest BCUT2D eigenvalue weighted by Gasteiger charge is 2.41. The summed E-state index contributed by atoms with van der Waals surface area (Å²) in [7, 11) is -2.72. The zero-order chi connectivity index (χ0) is 10.5. The fraction of sp³-hybridized carbons (Fsp3) is 1.00. The highest BCUT2D eigenvalue weighted by molar-refractivity contribution is 7.91. The molecule has 0 saturated carbocycles. The fourth-order valence-corrected chi connectivity index (χ4v) is 5.01. The van der Waals surface area contributed by atoms with Crippen LogP contribution in [0.15, 0.2) is 0 Å². The van der Waals surface area contributed by atoms with E-state index in [0.29, 0.717) is 23.6 Å². The summed E-state index contributed by atoms with van der Waals surface area (Å²) in [5.41, 5.74) is 0. The number of rotatable bonds is 1. The molecule has 0 bridgehead atoms. The molecular weight excluding hydrogens is 212 g/mol. The smallest absolute Gasteiger partial charge is 0.151 e. The van der Waals surface area contributed by atoms with Crippen LogP contribution in [0.2, 0.25) is 0 Å². The summed E-state index contributed by atoms with van der Waals surface area (Å²) in [4.78, 5) is 2.39. The van der Waals surface area contributed by atoms with Crippen molar-refractivity contribution in [1.82, 2.24) is 10.2 Å². The lowest BCUT2D eigenvalue weighted by molar-refractivity contribution is 0.246. The van der Waals surface area contributed by atoms with Gasteiger partial charge in [-0.05, 0) is 25.3 Å². The van der Waals surface area contributed by atoms with Crippen LogP contribution < -0.4 is 5.32 Å². The van der Waals surface area contributed by atoms with Crippen LogP contribution in [0, 0.1) is 5.92 Å². The molecule has 0 aromatic carbocycles. The second kappa shape index (κ2) is 3.43. The van der Waals surface area contributed by atoms with Gasteiger partial charge in [-0.3, -0.25) is 4.90 Å². The van der Waals surface area contributed by atoms with Gasteiger partial charge in [-0.2, -0.15) is 0 Å². The Labute approximate surface area is 90.9 Å². The van der Waals surface area contributed by atoms with Crippen LogP contribution in [0.1, 0.15) is 12.8 Å². The Balaban J connectivity index is 1.66. The van der Waals surface area contributed by atoms with E-state index in [2.05, 4.69) is 10.2 Å². The predicted octanol–water partition coefficient (Wildman–Crippen LogP) is -0.533. The van der Waals surface area contributed by atoms with E-state index in [4.69, 9.17) is 0 Å². The first-order valence-corrected chi connectivity index (χ1v) is 7.64. The molecule has 4 nitrogen and oxygen atoms in total. The molecule has 0 radical (unpaired) electrons. The molecule has 3 aliphatic rings. The first-order chi connectivity index (χ1) is 7.14. The zero-order valence-corrected chi connectivity index (χ0v) is 9.67.